The molecule has 0 saturated carbocycles. The monoisotopic (exact) mass is 337 g/mol. The first-order chi connectivity index (χ1) is 11.5. The highest BCUT2D eigenvalue weighted by Crippen LogP contribution is 2.22. The van der Waals surface area contributed by atoms with Gasteiger partial charge in [0.1, 0.15) is 6.10 Å². The van der Waals surface area contributed by atoms with E-state index in [9.17, 15) is 9.90 Å². The van der Waals surface area contributed by atoms with Gasteiger partial charge >= 0.3 is 0 Å². The fraction of sp³-hybridized carbons (Fsp3) is 0.818. The Morgan fingerprint density at radius 3 is 1.54 bits per heavy atom. The molecule has 0 aliphatic rings. The maximum Gasteiger partial charge on any atom is 0.186 e. The van der Waals surface area contributed by atoms with Crippen molar-refractivity contribution in [2.45, 2.75) is 117 Å². The number of rotatable bonds is 16. The number of Topliss-reactive ketones (excluding diaryl/α,β-unsaturated/α-hetero) is 1. The number of allylic oxidation sites excluding steroid dienone is 1. The maximum atomic E-state index is 12.1. The van der Waals surface area contributed by atoms with Crippen LogP contribution in [0.1, 0.15) is 111 Å². The molecule has 24 heavy (non-hydrogen) atoms. The van der Waals surface area contributed by atoms with Crippen LogP contribution in [0.3, 0.4) is 0 Å². The van der Waals surface area contributed by atoms with Crippen molar-refractivity contribution in [1.29, 1.82) is 0 Å². The number of ketones is 1. The summed E-state index contributed by atoms with van der Waals surface area (Å²) in [5.74, 6) is -0.193. The van der Waals surface area contributed by atoms with Crippen LogP contribution in [0.5, 0.6) is 0 Å². The number of hydrogen-bond acceptors (Lipinski definition) is 2. The minimum atomic E-state index is -1.12. The summed E-state index contributed by atoms with van der Waals surface area (Å²) >= 11 is 0. The predicted octanol–water partition coefficient (Wildman–Crippen LogP) is 6.57. The Morgan fingerprint density at radius 1 is 0.792 bits per heavy atom. The van der Waals surface area contributed by atoms with Gasteiger partial charge in [0.25, 0.3) is 0 Å². The second-order valence-corrected chi connectivity index (χ2v) is 7.14. The van der Waals surface area contributed by atoms with Crippen LogP contribution >= 0.6 is 0 Å². The highest BCUT2D eigenvalue weighted by Gasteiger charge is 2.15. The van der Waals surface area contributed by atoms with Crippen LogP contribution in [0.2, 0.25) is 0 Å². The molecular formula is C22H41O2. The SMILES string of the molecule is [CH2]C(O)C(=O)C(C)=C(CCCCCCCC)CCCCCCCC. The van der Waals surface area contributed by atoms with Crippen LogP contribution in [0.25, 0.3) is 0 Å². The first-order valence-electron chi connectivity index (χ1n) is 10.3. The summed E-state index contributed by atoms with van der Waals surface area (Å²) in [6.45, 7) is 9.82. The van der Waals surface area contributed by atoms with Gasteiger partial charge in [-0.25, -0.2) is 0 Å². The van der Waals surface area contributed by atoms with Gasteiger partial charge in [-0.15, -0.1) is 0 Å². The number of aliphatic hydroxyl groups is 1. The molecule has 0 aromatic carbocycles. The maximum absolute atomic E-state index is 12.1. The molecule has 0 spiro atoms. The molecule has 0 aliphatic carbocycles. The van der Waals surface area contributed by atoms with E-state index < -0.39 is 6.10 Å². The van der Waals surface area contributed by atoms with Crippen LogP contribution in [0, 0.1) is 6.92 Å². The lowest BCUT2D eigenvalue weighted by Crippen LogP contribution is -2.18. The van der Waals surface area contributed by atoms with Crippen LogP contribution in [0.15, 0.2) is 11.1 Å². The van der Waals surface area contributed by atoms with Crippen LogP contribution in [-0.4, -0.2) is 17.0 Å². The first kappa shape index (κ1) is 23.4. The van der Waals surface area contributed by atoms with E-state index in [0.29, 0.717) is 0 Å². The standard InChI is InChI=1S/C22H41O2/c1-5-7-9-11-13-15-17-21(19(3)22(24)20(4)23)18-16-14-12-10-8-6-2/h20,23H,4-18H2,1-3H3. The van der Waals surface area contributed by atoms with E-state index in [2.05, 4.69) is 20.8 Å². The summed E-state index contributed by atoms with van der Waals surface area (Å²) in [7, 11) is 0. The fourth-order valence-corrected chi connectivity index (χ4v) is 3.16. The fourth-order valence-electron chi connectivity index (χ4n) is 3.16. The lowest BCUT2D eigenvalue weighted by Gasteiger charge is -2.13. The topological polar surface area (TPSA) is 37.3 Å². The summed E-state index contributed by atoms with van der Waals surface area (Å²) < 4.78 is 0. The van der Waals surface area contributed by atoms with Crippen molar-refractivity contribution in [1.82, 2.24) is 0 Å². The largest absolute Gasteiger partial charge is 0.385 e. The van der Waals surface area contributed by atoms with Crippen LogP contribution < -0.4 is 0 Å². The number of carbonyl (C=O) groups excluding carboxylic acids is 1. The van der Waals surface area contributed by atoms with Gasteiger partial charge in [0.05, 0.1) is 0 Å². The molecule has 141 valence electrons. The molecule has 1 radical (unpaired) electrons. The van der Waals surface area contributed by atoms with E-state index in [1.165, 1.54) is 69.8 Å². The molecule has 1 atom stereocenters. The minimum Gasteiger partial charge on any atom is -0.385 e. The van der Waals surface area contributed by atoms with E-state index in [-0.39, 0.29) is 5.78 Å². The Morgan fingerprint density at radius 2 is 1.17 bits per heavy atom. The Hall–Kier alpha value is -0.630. The Labute approximate surface area is 151 Å². The molecule has 2 heteroatoms. The molecule has 0 saturated heterocycles. The average Bonchev–Trinajstić information content (AvgIpc) is 2.57. The van der Waals surface area contributed by atoms with Crippen molar-refractivity contribution >= 4 is 5.78 Å². The molecule has 0 aliphatic heterocycles. The summed E-state index contributed by atoms with van der Waals surface area (Å²) in [5, 5.41) is 9.48. The second-order valence-electron chi connectivity index (χ2n) is 7.14. The van der Waals surface area contributed by atoms with Gasteiger partial charge in [-0.3, -0.25) is 4.79 Å². The zero-order valence-corrected chi connectivity index (χ0v) is 16.5. The van der Waals surface area contributed by atoms with Gasteiger partial charge in [-0.1, -0.05) is 83.6 Å². The Balaban J connectivity index is 4.34. The van der Waals surface area contributed by atoms with Crippen LogP contribution in [-0.2, 0) is 4.79 Å². The van der Waals surface area contributed by atoms with E-state index in [0.717, 1.165) is 31.3 Å². The molecule has 0 aromatic rings. The van der Waals surface area contributed by atoms with Crippen molar-refractivity contribution in [3.8, 4) is 0 Å². The van der Waals surface area contributed by atoms with Crippen molar-refractivity contribution in [3.63, 3.8) is 0 Å². The zero-order valence-electron chi connectivity index (χ0n) is 16.5. The van der Waals surface area contributed by atoms with E-state index >= 15 is 0 Å². The summed E-state index contributed by atoms with van der Waals surface area (Å²) in [4.78, 5) is 12.1. The number of hydrogen-bond donors (Lipinski definition) is 1. The molecule has 1 N–H and O–H groups in total. The van der Waals surface area contributed by atoms with Crippen molar-refractivity contribution in [3.05, 3.63) is 18.1 Å². The lowest BCUT2D eigenvalue weighted by atomic mass is 9.93. The normalized spacial score (nSPS) is 12.2. The second kappa shape index (κ2) is 15.9. The molecule has 0 bridgehead atoms. The summed E-state index contributed by atoms with van der Waals surface area (Å²) in [6.07, 6.45) is 16.1. The quantitative estimate of drug-likeness (QED) is 0.255. The zero-order chi connectivity index (χ0) is 18.2. The van der Waals surface area contributed by atoms with Gasteiger partial charge in [-0.2, -0.15) is 0 Å². The number of aliphatic hydroxyl groups excluding tert-OH is 1. The Kier molecular flexibility index (Phi) is 15.5. The predicted molar refractivity (Wildman–Crippen MR) is 105 cm³/mol. The third-order valence-corrected chi connectivity index (χ3v) is 4.87. The van der Waals surface area contributed by atoms with E-state index in [4.69, 9.17) is 0 Å². The summed E-state index contributed by atoms with van der Waals surface area (Å²) in [6, 6.07) is 0. The third-order valence-electron chi connectivity index (χ3n) is 4.87. The van der Waals surface area contributed by atoms with Gasteiger partial charge in [0, 0.05) is 0 Å². The molecular weight excluding hydrogens is 296 g/mol. The molecule has 0 heterocycles. The number of carbonyl (C=O) groups is 1. The molecule has 0 amide bonds. The minimum absolute atomic E-state index is 0.193. The molecule has 0 fully saturated rings. The van der Waals surface area contributed by atoms with Crippen molar-refractivity contribution < 1.29 is 9.90 Å². The van der Waals surface area contributed by atoms with E-state index in [1.807, 2.05) is 6.92 Å². The van der Waals surface area contributed by atoms with Gasteiger partial charge in [0.2, 0.25) is 0 Å². The highest BCUT2D eigenvalue weighted by molar-refractivity contribution is 5.99. The molecule has 0 rings (SSSR count). The Bertz CT molecular complexity index is 324. The number of unbranched alkanes of at least 4 members (excludes halogenated alkanes) is 10. The lowest BCUT2D eigenvalue weighted by molar-refractivity contribution is -0.121. The van der Waals surface area contributed by atoms with Gasteiger partial charge < -0.3 is 5.11 Å². The smallest absolute Gasteiger partial charge is 0.186 e. The average molecular weight is 338 g/mol. The summed E-state index contributed by atoms with van der Waals surface area (Å²) in [5.41, 5.74) is 2.02. The van der Waals surface area contributed by atoms with Crippen molar-refractivity contribution in [2.75, 3.05) is 0 Å². The third kappa shape index (κ3) is 11.8. The van der Waals surface area contributed by atoms with Crippen molar-refractivity contribution in [2.24, 2.45) is 0 Å². The van der Waals surface area contributed by atoms with Crippen LogP contribution in [0.4, 0.5) is 0 Å². The van der Waals surface area contributed by atoms with Gasteiger partial charge in [-0.05, 0) is 45.1 Å². The van der Waals surface area contributed by atoms with Gasteiger partial charge in [0.15, 0.2) is 5.78 Å². The highest BCUT2D eigenvalue weighted by atomic mass is 16.3. The van der Waals surface area contributed by atoms with E-state index in [1.54, 1.807) is 0 Å². The molecule has 2 nitrogen and oxygen atoms in total. The first-order valence-corrected chi connectivity index (χ1v) is 10.3. The molecule has 1 unspecified atom stereocenters. The molecule has 0 aromatic heterocycles.